The summed E-state index contributed by atoms with van der Waals surface area (Å²) in [6.45, 7) is 0.959. The number of nitrogens with zero attached hydrogens (tertiary/aromatic N) is 1. The third-order valence-electron chi connectivity index (χ3n) is 6.18. The lowest BCUT2D eigenvalue weighted by molar-refractivity contribution is -0.136. The van der Waals surface area contributed by atoms with E-state index in [0.717, 1.165) is 29.7 Å². The number of imide groups is 1. The first-order valence-corrected chi connectivity index (χ1v) is 10.7. The minimum absolute atomic E-state index is 0.0992. The number of ether oxygens (including phenoxy) is 2. The number of carbonyl (C=O) groups excluding carboxylic acids is 3. The summed E-state index contributed by atoms with van der Waals surface area (Å²) < 4.78 is 12.0. The molecule has 7 heteroatoms. The highest BCUT2D eigenvalue weighted by molar-refractivity contribution is 6.05. The van der Waals surface area contributed by atoms with Gasteiger partial charge in [0.05, 0.1) is 12.7 Å². The lowest BCUT2D eigenvalue weighted by atomic mass is 9.92. The molecule has 1 atom stereocenters. The van der Waals surface area contributed by atoms with Crippen molar-refractivity contribution >= 4 is 17.7 Å². The Balaban J connectivity index is 1.15. The van der Waals surface area contributed by atoms with Gasteiger partial charge in [0, 0.05) is 31.4 Å². The molecule has 31 heavy (non-hydrogen) atoms. The fourth-order valence-corrected chi connectivity index (χ4v) is 4.35. The molecule has 0 spiro atoms. The first kappa shape index (κ1) is 19.8. The molecule has 160 valence electrons. The molecule has 0 bridgehead atoms. The lowest BCUT2D eigenvalue weighted by Gasteiger charge is -2.35. The number of fused-ring (bicyclic) bond motifs is 1. The van der Waals surface area contributed by atoms with Gasteiger partial charge in [0.2, 0.25) is 11.8 Å². The van der Waals surface area contributed by atoms with Gasteiger partial charge >= 0.3 is 0 Å². The minimum Gasteiger partial charge on any atom is -0.490 e. The van der Waals surface area contributed by atoms with Gasteiger partial charge < -0.3 is 14.4 Å². The molecule has 2 aromatic carbocycles. The van der Waals surface area contributed by atoms with Gasteiger partial charge in [-0.2, -0.15) is 0 Å². The Morgan fingerprint density at radius 3 is 2.58 bits per heavy atom. The predicted molar refractivity (Wildman–Crippen MR) is 111 cm³/mol. The van der Waals surface area contributed by atoms with E-state index in [2.05, 4.69) is 17.4 Å². The van der Waals surface area contributed by atoms with E-state index in [9.17, 15) is 14.4 Å². The molecule has 1 saturated heterocycles. The van der Waals surface area contributed by atoms with E-state index < -0.39 is 11.9 Å². The quantitative estimate of drug-likeness (QED) is 0.726. The Kier molecular flexibility index (Phi) is 5.19. The highest BCUT2D eigenvalue weighted by atomic mass is 16.5. The topological polar surface area (TPSA) is 84.9 Å². The zero-order valence-electron chi connectivity index (χ0n) is 17.1. The van der Waals surface area contributed by atoms with Crippen LogP contribution in [0.3, 0.4) is 0 Å². The van der Waals surface area contributed by atoms with Crippen LogP contribution in [0, 0.1) is 0 Å². The average Bonchev–Trinajstić information content (AvgIpc) is 3.06. The third kappa shape index (κ3) is 4.05. The molecule has 0 radical (unpaired) electrons. The Hall–Kier alpha value is -3.19. The molecule has 2 aliphatic heterocycles. The van der Waals surface area contributed by atoms with E-state index in [1.807, 2.05) is 30.3 Å². The SMILES string of the molecule is O=C1CCC(N2Cc3cc(O[C@H]4C[C@H](OCc5ccccc5)C4)ccc3C2=O)C(=O)N1. The van der Waals surface area contributed by atoms with E-state index >= 15 is 0 Å². The van der Waals surface area contributed by atoms with Gasteiger partial charge in [0.1, 0.15) is 17.9 Å². The standard InChI is InChI=1S/C24H24N2O5/c27-22-9-8-21(23(28)25-22)26-13-16-10-17(6-7-20(16)24(26)29)31-19-11-18(12-19)30-14-15-4-2-1-3-5-15/h1-7,10,18-19,21H,8-9,11-14H2,(H,25,27,28)/t18-,19-,21?. The van der Waals surface area contributed by atoms with Crippen LogP contribution >= 0.6 is 0 Å². The molecule has 3 amide bonds. The molecule has 0 aromatic heterocycles. The van der Waals surface area contributed by atoms with Crippen LogP contribution in [0.2, 0.25) is 0 Å². The molecule has 1 aliphatic carbocycles. The van der Waals surface area contributed by atoms with Gasteiger partial charge in [-0.1, -0.05) is 30.3 Å². The summed E-state index contributed by atoms with van der Waals surface area (Å²) in [5, 5.41) is 2.32. The number of amides is 3. The van der Waals surface area contributed by atoms with Crippen LogP contribution in [-0.4, -0.2) is 40.9 Å². The molecular formula is C24H24N2O5. The molecule has 2 aromatic rings. The summed E-state index contributed by atoms with van der Waals surface area (Å²) in [6.07, 6.45) is 2.59. The van der Waals surface area contributed by atoms with Crippen molar-refractivity contribution in [2.45, 2.75) is 57.1 Å². The fraction of sp³-hybridized carbons (Fsp3) is 0.375. The van der Waals surface area contributed by atoms with Crippen molar-refractivity contribution in [3.05, 3.63) is 65.2 Å². The largest absolute Gasteiger partial charge is 0.490 e. The van der Waals surface area contributed by atoms with Crippen LogP contribution in [0.5, 0.6) is 5.75 Å². The number of benzene rings is 2. The Morgan fingerprint density at radius 1 is 1.00 bits per heavy atom. The molecule has 1 saturated carbocycles. The number of hydrogen-bond donors (Lipinski definition) is 1. The monoisotopic (exact) mass is 420 g/mol. The van der Waals surface area contributed by atoms with Gasteiger partial charge in [0.25, 0.3) is 5.91 Å². The van der Waals surface area contributed by atoms with Gasteiger partial charge in [-0.15, -0.1) is 0 Å². The average molecular weight is 420 g/mol. The first-order valence-electron chi connectivity index (χ1n) is 10.7. The van der Waals surface area contributed by atoms with Gasteiger partial charge in [-0.05, 0) is 35.7 Å². The van der Waals surface area contributed by atoms with Gasteiger partial charge in [-0.3, -0.25) is 19.7 Å². The summed E-state index contributed by atoms with van der Waals surface area (Å²) in [5.41, 5.74) is 2.61. The first-order chi connectivity index (χ1) is 15.1. The van der Waals surface area contributed by atoms with Crippen molar-refractivity contribution in [3.63, 3.8) is 0 Å². The molecule has 3 aliphatic rings. The molecule has 2 fully saturated rings. The van der Waals surface area contributed by atoms with E-state index in [0.29, 0.717) is 25.1 Å². The van der Waals surface area contributed by atoms with Crippen LogP contribution < -0.4 is 10.1 Å². The maximum atomic E-state index is 12.8. The van der Waals surface area contributed by atoms with Crippen molar-refractivity contribution in [2.75, 3.05) is 0 Å². The Labute approximate surface area is 180 Å². The zero-order chi connectivity index (χ0) is 21.4. The molecule has 1 unspecified atom stereocenters. The number of carbonyl (C=O) groups is 3. The van der Waals surface area contributed by atoms with Gasteiger partial charge in [-0.25, -0.2) is 0 Å². The van der Waals surface area contributed by atoms with Crippen LogP contribution in [0.25, 0.3) is 0 Å². The summed E-state index contributed by atoms with van der Waals surface area (Å²) in [4.78, 5) is 37.9. The van der Waals surface area contributed by atoms with Crippen LogP contribution in [0.4, 0.5) is 0 Å². The number of nitrogens with one attached hydrogen (secondary N) is 1. The van der Waals surface area contributed by atoms with Crippen molar-refractivity contribution in [1.82, 2.24) is 10.2 Å². The van der Waals surface area contributed by atoms with Crippen molar-refractivity contribution < 1.29 is 23.9 Å². The Morgan fingerprint density at radius 2 is 1.81 bits per heavy atom. The maximum Gasteiger partial charge on any atom is 0.255 e. The van der Waals surface area contributed by atoms with Crippen molar-refractivity contribution in [2.24, 2.45) is 0 Å². The summed E-state index contributed by atoms with van der Waals surface area (Å²) in [6, 6.07) is 15.0. The number of hydrogen-bond acceptors (Lipinski definition) is 5. The fourth-order valence-electron chi connectivity index (χ4n) is 4.35. The lowest BCUT2D eigenvalue weighted by Crippen LogP contribution is -2.52. The summed E-state index contributed by atoms with van der Waals surface area (Å²) in [5.74, 6) is -0.130. The zero-order valence-corrected chi connectivity index (χ0v) is 17.1. The molecule has 7 nitrogen and oxygen atoms in total. The Bertz CT molecular complexity index is 1020. The molecule has 1 N–H and O–H groups in total. The molecular weight excluding hydrogens is 396 g/mol. The minimum atomic E-state index is -0.601. The predicted octanol–water partition coefficient (Wildman–Crippen LogP) is 2.57. The van der Waals surface area contributed by atoms with E-state index in [4.69, 9.17) is 9.47 Å². The normalized spacial score (nSPS) is 25.1. The van der Waals surface area contributed by atoms with E-state index in [1.165, 1.54) is 0 Å². The highest BCUT2D eigenvalue weighted by Gasteiger charge is 2.39. The van der Waals surface area contributed by atoms with Crippen molar-refractivity contribution in [1.29, 1.82) is 0 Å². The summed E-state index contributed by atoms with van der Waals surface area (Å²) >= 11 is 0. The smallest absolute Gasteiger partial charge is 0.255 e. The number of rotatable bonds is 6. The second kappa shape index (κ2) is 8.15. The number of piperidine rings is 1. The highest BCUT2D eigenvalue weighted by Crippen LogP contribution is 2.33. The van der Waals surface area contributed by atoms with E-state index in [-0.39, 0.29) is 30.4 Å². The second-order valence-electron chi connectivity index (χ2n) is 8.35. The third-order valence-corrected chi connectivity index (χ3v) is 6.18. The maximum absolute atomic E-state index is 12.8. The molecule has 5 rings (SSSR count). The second-order valence-corrected chi connectivity index (χ2v) is 8.35. The summed E-state index contributed by atoms with van der Waals surface area (Å²) in [7, 11) is 0. The van der Waals surface area contributed by atoms with Crippen LogP contribution in [0.1, 0.15) is 47.2 Å². The van der Waals surface area contributed by atoms with Gasteiger partial charge in [0.15, 0.2) is 0 Å². The van der Waals surface area contributed by atoms with Crippen LogP contribution in [-0.2, 0) is 27.5 Å². The van der Waals surface area contributed by atoms with Crippen molar-refractivity contribution in [3.8, 4) is 5.75 Å². The molecule has 2 heterocycles. The van der Waals surface area contributed by atoms with Crippen LogP contribution in [0.15, 0.2) is 48.5 Å². The van der Waals surface area contributed by atoms with E-state index in [1.54, 1.807) is 11.0 Å².